The van der Waals surface area contributed by atoms with Crippen LogP contribution < -0.4 is 10.1 Å². The Labute approximate surface area is 132 Å². The fraction of sp³-hybridized carbons (Fsp3) is 0.308. The molecule has 114 valence electrons. The summed E-state index contributed by atoms with van der Waals surface area (Å²) < 4.78 is 40.6. The molecule has 1 heterocycles. The van der Waals surface area contributed by atoms with Crippen LogP contribution in [0.4, 0.5) is 18.9 Å². The minimum absolute atomic E-state index is 0.234. The van der Waals surface area contributed by atoms with Gasteiger partial charge in [0.25, 0.3) is 0 Å². The first-order valence-electron chi connectivity index (χ1n) is 6.10. The van der Waals surface area contributed by atoms with Crippen LogP contribution in [0.5, 0.6) is 5.75 Å². The molecule has 21 heavy (non-hydrogen) atoms. The van der Waals surface area contributed by atoms with Gasteiger partial charge in [0.1, 0.15) is 5.75 Å². The van der Waals surface area contributed by atoms with E-state index >= 15 is 0 Å². The Morgan fingerprint density at radius 2 is 2.14 bits per heavy atom. The summed E-state index contributed by atoms with van der Waals surface area (Å²) in [6.07, 6.45) is -3.81. The Kier molecular flexibility index (Phi) is 5.10. The molecule has 0 unspecified atom stereocenters. The first-order valence-corrected chi connectivity index (χ1v) is 7.77. The van der Waals surface area contributed by atoms with Gasteiger partial charge in [-0.05, 0) is 40.5 Å². The van der Waals surface area contributed by atoms with Crippen LogP contribution in [0.15, 0.2) is 28.1 Å². The molecular weight excluding hydrogens is 369 g/mol. The lowest BCUT2D eigenvalue weighted by atomic mass is 10.3. The van der Waals surface area contributed by atoms with Crippen molar-refractivity contribution in [2.45, 2.75) is 26.3 Å². The van der Waals surface area contributed by atoms with Crippen LogP contribution in [0.1, 0.15) is 17.6 Å². The van der Waals surface area contributed by atoms with E-state index in [2.05, 4.69) is 31.0 Å². The van der Waals surface area contributed by atoms with E-state index in [-0.39, 0.29) is 10.2 Å². The molecule has 0 fully saturated rings. The molecular formula is C13H12BrF3N2OS. The van der Waals surface area contributed by atoms with E-state index in [1.165, 1.54) is 18.2 Å². The summed E-state index contributed by atoms with van der Waals surface area (Å²) in [5, 5.41) is 6.12. The van der Waals surface area contributed by atoms with Crippen molar-refractivity contribution in [3.63, 3.8) is 0 Å². The molecule has 3 nitrogen and oxygen atoms in total. The summed E-state index contributed by atoms with van der Waals surface area (Å²) in [4.78, 5) is 4.40. The molecule has 0 aliphatic rings. The molecule has 1 aromatic heterocycles. The SMILES string of the molecule is CCc1nc(CNc2ccc(OC(F)(F)F)c(Br)c2)cs1. The fourth-order valence-electron chi connectivity index (χ4n) is 1.60. The molecule has 0 saturated carbocycles. The fourth-order valence-corrected chi connectivity index (χ4v) is 2.81. The highest BCUT2D eigenvalue weighted by Gasteiger charge is 2.31. The number of halogens is 4. The van der Waals surface area contributed by atoms with E-state index in [4.69, 9.17) is 0 Å². The number of hydrogen-bond acceptors (Lipinski definition) is 4. The Hall–Kier alpha value is -1.28. The topological polar surface area (TPSA) is 34.2 Å². The average Bonchev–Trinajstić information content (AvgIpc) is 2.86. The first-order chi connectivity index (χ1) is 9.87. The van der Waals surface area contributed by atoms with E-state index in [0.717, 1.165) is 17.1 Å². The zero-order chi connectivity index (χ0) is 15.5. The van der Waals surface area contributed by atoms with Crippen LogP contribution in [-0.4, -0.2) is 11.3 Å². The number of hydrogen-bond donors (Lipinski definition) is 1. The Bertz CT molecular complexity index is 616. The second-order valence-corrected chi connectivity index (χ2v) is 5.93. The lowest BCUT2D eigenvalue weighted by molar-refractivity contribution is -0.274. The highest BCUT2D eigenvalue weighted by Crippen LogP contribution is 2.32. The number of ether oxygens (including phenoxy) is 1. The highest BCUT2D eigenvalue weighted by molar-refractivity contribution is 9.10. The van der Waals surface area contributed by atoms with Crippen LogP contribution in [0, 0.1) is 0 Å². The molecule has 1 N–H and O–H groups in total. The van der Waals surface area contributed by atoms with Crippen molar-refractivity contribution in [3.05, 3.63) is 38.8 Å². The predicted molar refractivity (Wildman–Crippen MR) is 79.6 cm³/mol. The zero-order valence-corrected chi connectivity index (χ0v) is 13.4. The molecule has 0 atom stereocenters. The third-order valence-corrected chi connectivity index (χ3v) is 4.19. The second-order valence-electron chi connectivity index (χ2n) is 4.13. The summed E-state index contributed by atoms with van der Waals surface area (Å²) in [5.74, 6) is -0.269. The Morgan fingerprint density at radius 1 is 1.38 bits per heavy atom. The van der Waals surface area contributed by atoms with E-state index in [0.29, 0.717) is 12.2 Å². The molecule has 0 radical (unpaired) electrons. The van der Waals surface area contributed by atoms with E-state index in [9.17, 15) is 13.2 Å². The third kappa shape index (κ3) is 4.89. The summed E-state index contributed by atoms with van der Waals surface area (Å²) in [6.45, 7) is 2.55. The third-order valence-electron chi connectivity index (χ3n) is 2.53. The molecule has 1 aromatic carbocycles. The number of aryl methyl sites for hydroxylation is 1. The molecule has 0 amide bonds. The van der Waals surface area contributed by atoms with Crippen LogP contribution in [0.2, 0.25) is 0 Å². The molecule has 2 rings (SSSR count). The predicted octanol–water partition coefficient (Wildman–Crippen LogP) is 4.98. The molecule has 0 spiro atoms. The number of aromatic nitrogens is 1. The number of nitrogens with zero attached hydrogens (tertiary/aromatic N) is 1. The van der Waals surface area contributed by atoms with Crippen LogP contribution >= 0.6 is 27.3 Å². The van der Waals surface area contributed by atoms with Gasteiger partial charge in [-0.2, -0.15) is 0 Å². The lowest BCUT2D eigenvalue weighted by Gasteiger charge is -2.12. The second kappa shape index (κ2) is 6.65. The van der Waals surface area contributed by atoms with Gasteiger partial charge in [0.15, 0.2) is 0 Å². The van der Waals surface area contributed by atoms with Crippen molar-refractivity contribution >= 4 is 33.0 Å². The minimum Gasteiger partial charge on any atom is -0.405 e. The number of benzene rings is 1. The van der Waals surface area contributed by atoms with E-state index in [1.807, 2.05) is 12.3 Å². The van der Waals surface area contributed by atoms with Crippen molar-refractivity contribution in [1.29, 1.82) is 0 Å². The highest BCUT2D eigenvalue weighted by atomic mass is 79.9. The first kappa shape index (κ1) is 16.1. The number of nitrogens with one attached hydrogen (secondary N) is 1. The van der Waals surface area contributed by atoms with Gasteiger partial charge in [0.05, 0.1) is 21.7 Å². The number of alkyl halides is 3. The summed E-state index contributed by atoms with van der Waals surface area (Å²) in [7, 11) is 0. The van der Waals surface area contributed by atoms with Crippen molar-refractivity contribution < 1.29 is 17.9 Å². The maximum atomic E-state index is 12.2. The normalized spacial score (nSPS) is 11.5. The van der Waals surface area contributed by atoms with Gasteiger partial charge < -0.3 is 10.1 Å². The molecule has 0 bridgehead atoms. The van der Waals surface area contributed by atoms with Crippen molar-refractivity contribution in [2.75, 3.05) is 5.32 Å². The summed E-state index contributed by atoms with van der Waals surface area (Å²) in [6, 6.07) is 4.32. The largest absolute Gasteiger partial charge is 0.573 e. The average molecular weight is 381 g/mol. The lowest BCUT2D eigenvalue weighted by Crippen LogP contribution is -2.17. The zero-order valence-electron chi connectivity index (χ0n) is 11.0. The summed E-state index contributed by atoms with van der Waals surface area (Å²) in [5.41, 5.74) is 1.59. The van der Waals surface area contributed by atoms with Gasteiger partial charge in [0, 0.05) is 11.1 Å². The monoisotopic (exact) mass is 380 g/mol. The van der Waals surface area contributed by atoms with Crippen molar-refractivity contribution in [2.24, 2.45) is 0 Å². The quantitative estimate of drug-likeness (QED) is 0.794. The maximum Gasteiger partial charge on any atom is 0.573 e. The van der Waals surface area contributed by atoms with Crippen molar-refractivity contribution in [3.8, 4) is 5.75 Å². The summed E-state index contributed by atoms with van der Waals surface area (Å²) >= 11 is 4.65. The smallest absolute Gasteiger partial charge is 0.405 e. The van der Waals surface area contributed by atoms with Gasteiger partial charge in [-0.1, -0.05) is 6.92 Å². The minimum atomic E-state index is -4.70. The molecule has 2 aromatic rings. The number of anilines is 1. The van der Waals surface area contributed by atoms with Crippen LogP contribution in [0.25, 0.3) is 0 Å². The number of thiazole rings is 1. The van der Waals surface area contributed by atoms with Gasteiger partial charge in [0.2, 0.25) is 0 Å². The Morgan fingerprint density at radius 3 is 2.71 bits per heavy atom. The standard InChI is InChI=1S/C13H12BrF3N2OS/c1-2-12-19-9(7-21-12)6-18-8-3-4-11(10(14)5-8)20-13(15,16)17/h3-5,7,18H,2,6H2,1H3. The van der Waals surface area contributed by atoms with Gasteiger partial charge in [-0.3, -0.25) is 0 Å². The van der Waals surface area contributed by atoms with E-state index < -0.39 is 6.36 Å². The Balaban J connectivity index is 1.99. The molecule has 0 aliphatic carbocycles. The van der Waals surface area contributed by atoms with Gasteiger partial charge in [-0.15, -0.1) is 24.5 Å². The van der Waals surface area contributed by atoms with Gasteiger partial charge in [-0.25, -0.2) is 4.98 Å². The van der Waals surface area contributed by atoms with Crippen LogP contribution in [-0.2, 0) is 13.0 Å². The van der Waals surface area contributed by atoms with Gasteiger partial charge >= 0.3 is 6.36 Å². The maximum absolute atomic E-state index is 12.2. The van der Waals surface area contributed by atoms with E-state index in [1.54, 1.807) is 11.3 Å². The molecule has 8 heteroatoms. The molecule has 0 aliphatic heterocycles. The number of rotatable bonds is 5. The van der Waals surface area contributed by atoms with Crippen LogP contribution in [0.3, 0.4) is 0 Å². The molecule has 0 saturated heterocycles. The van der Waals surface area contributed by atoms with Crippen molar-refractivity contribution in [1.82, 2.24) is 4.98 Å².